The number of guanidine groups is 1. The molecule has 0 aromatic rings. The first-order valence-electron chi connectivity index (χ1n) is 5.00. The molecule has 0 spiro atoms. The number of nitrogens with zero attached hydrogens (tertiary/aromatic N) is 1. The van der Waals surface area contributed by atoms with E-state index in [0.717, 1.165) is 0 Å². The van der Waals surface area contributed by atoms with Gasteiger partial charge in [-0.2, -0.15) is 0 Å². The first-order chi connectivity index (χ1) is 7.90. The summed E-state index contributed by atoms with van der Waals surface area (Å²) < 4.78 is 7.47. The number of amides is 1. The second kappa shape index (κ2) is 8.13. The van der Waals surface area contributed by atoms with Crippen LogP contribution in [0.5, 0.6) is 0 Å². The number of aliphatic carboxylic acids is 1. The molecule has 0 aromatic carbocycles. The maximum Gasteiger partial charge on any atom is 0.326 e. The van der Waals surface area contributed by atoms with E-state index >= 15 is 0 Å². The van der Waals surface area contributed by atoms with Crippen molar-refractivity contribution >= 4 is 40.4 Å². The number of rotatable bonds is 7. The van der Waals surface area contributed by atoms with Crippen LogP contribution in [0.2, 0.25) is 1.41 Å². The van der Waals surface area contributed by atoms with Gasteiger partial charge in [0, 0.05) is 6.54 Å². The zero-order chi connectivity index (χ0) is 13.4. The molecule has 0 aliphatic carbocycles. The quantitative estimate of drug-likeness (QED) is 0.156. The third-order valence-electron chi connectivity index (χ3n) is 1.63. The first-order valence-corrected chi connectivity index (χ1v) is 6.07. The molecular weight excluding hydrogens is 327 g/mol. The molecule has 0 bridgehead atoms. The molecule has 7 nitrogen and oxygen atoms in total. The fraction of sp³-hybridized carbons (Fsp3) is 0.625. The predicted molar refractivity (Wildman–Crippen MR) is 68.4 cm³/mol. The van der Waals surface area contributed by atoms with E-state index in [4.69, 9.17) is 18.0 Å². The SMILES string of the molecule is [2H]N(C(=O)CI)[C@@H](CCCN=C(N)N)C(=O)O. The number of carbonyl (C=O) groups is 2. The molecule has 8 heteroatoms. The zero-order valence-electron chi connectivity index (χ0n) is 9.60. The first kappa shape index (κ1) is 13.0. The second-order valence-corrected chi connectivity index (χ2v) is 3.72. The van der Waals surface area contributed by atoms with Gasteiger partial charge < -0.3 is 21.9 Å². The highest BCUT2D eigenvalue weighted by atomic mass is 127. The van der Waals surface area contributed by atoms with Crippen molar-refractivity contribution in [1.29, 1.82) is 0 Å². The van der Waals surface area contributed by atoms with Gasteiger partial charge in [0.15, 0.2) is 7.37 Å². The number of carboxylic acid groups (broad SMARTS) is 1. The standard InChI is InChI=1S/C8H15IN4O3/c9-4-6(14)13-5(7(15)16)2-1-3-12-8(10)11/h5H,1-4H2,(H,13,14)(H,15,16)(H4,10,11,12)/t5-/m0/s1/i/hD. The topological polar surface area (TPSA) is 131 Å². The van der Waals surface area contributed by atoms with Crippen LogP contribution in [-0.2, 0) is 9.59 Å². The second-order valence-electron chi connectivity index (χ2n) is 2.96. The number of hydrogen-bond donors (Lipinski definition) is 4. The minimum atomic E-state index is -1.21. The fourth-order valence-electron chi connectivity index (χ4n) is 0.944. The summed E-state index contributed by atoms with van der Waals surface area (Å²) in [6, 6.07) is -1.16. The summed E-state index contributed by atoms with van der Waals surface area (Å²) >= 11 is 1.78. The number of aliphatic imine (C=N–C) groups is 1. The van der Waals surface area contributed by atoms with E-state index < -0.39 is 17.9 Å². The van der Waals surface area contributed by atoms with E-state index in [1.54, 1.807) is 22.6 Å². The van der Waals surface area contributed by atoms with E-state index in [0.29, 0.717) is 11.7 Å². The number of carboxylic acids is 1. The third-order valence-corrected chi connectivity index (χ3v) is 2.28. The largest absolute Gasteiger partial charge is 0.480 e. The van der Waals surface area contributed by atoms with E-state index in [-0.39, 0.29) is 23.4 Å². The molecule has 0 saturated heterocycles. The number of halogens is 1. The van der Waals surface area contributed by atoms with Crippen LogP contribution in [0.15, 0.2) is 4.99 Å². The van der Waals surface area contributed by atoms with Gasteiger partial charge in [0.25, 0.3) is 0 Å². The van der Waals surface area contributed by atoms with Gasteiger partial charge in [-0.3, -0.25) is 9.79 Å². The lowest BCUT2D eigenvalue weighted by Crippen LogP contribution is -2.41. The van der Waals surface area contributed by atoms with Crippen molar-refractivity contribution in [1.82, 2.24) is 5.31 Å². The van der Waals surface area contributed by atoms with Crippen molar-refractivity contribution in [3.63, 3.8) is 0 Å². The summed E-state index contributed by atoms with van der Waals surface area (Å²) in [4.78, 5) is 25.8. The molecule has 1 atom stereocenters. The highest BCUT2D eigenvalue weighted by Crippen LogP contribution is 1.99. The Morgan fingerprint density at radius 1 is 1.56 bits per heavy atom. The maximum atomic E-state index is 11.2. The van der Waals surface area contributed by atoms with Crippen LogP contribution < -0.4 is 16.8 Å². The Balaban J connectivity index is 4.30. The predicted octanol–water partition coefficient (Wildman–Crippen LogP) is -0.956. The highest BCUT2D eigenvalue weighted by molar-refractivity contribution is 14.1. The molecule has 0 saturated carbocycles. The van der Waals surface area contributed by atoms with Crippen molar-refractivity contribution in [3.05, 3.63) is 0 Å². The molecule has 0 heterocycles. The Morgan fingerprint density at radius 3 is 2.62 bits per heavy atom. The number of nitrogens with two attached hydrogens (primary N) is 2. The lowest BCUT2D eigenvalue weighted by molar-refractivity contribution is -0.141. The minimum absolute atomic E-state index is 0.0667. The minimum Gasteiger partial charge on any atom is -0.480 e. The molecular formula is C8H15IN4O3. The summed E-state index contributed by atoms with van der Waals surface area (Å²) in [5, 5.41) is 9.39. The van der Waals surface area contributed by atoms with Crippen LogP contribution in [0.3, 0.4) is 0 Å². The Labute approximate surface area is 108 Å². The molecule has 0 fully saturated rings. The molecule has 16 heavy (non-hydrogen) atoms. The maximum absolute atomic E-state index is 11.2. The van der Waals surface area contributed by atoms with Gasteiger partial charge >= 0.3 is 5.97 Å². The summed E-state index contributed by atoms with van der Waals surface area (Å²) in [5.74, 6) is -1.81. The van der Waals surface area contributed by atoms with E-state index in [9.17, 15) is 9.59 Å². The van der Waals surface area contributed by atoms with E-state index in [1.807, 2.05) is 0 Å². The van der Waals surface area contributed by atoms with E-state index in [2.05, 4.69) is 4.99 Å². The summed E-state index contributed by atoms with van der Waals surface area (Å²) in [6.45, 7) is 0.276. The average Bonchev–Trinajstić information content (AvgIpc) is 2.26. The molecule has 0 unspecified atom stereocenters. The van der Waals surface area contributed by atoms with Crippen LogP contribution in [0.1, 0.15) is 12.8 Å². The molecule has 0 rings (SSSR count). The van der Waals surface area contributed by atoms with Gasteiger partial charge in [0.2, 0.25) is 5.91 Å². The fourth-order valence-corrected chi connectivity index (χ4v) is 1.14. The van der Waals surface area contributed by atoms with Crippen LogP contribution in [-0.4, -0.2) is 40.0 Å². The van der Waals surface area contributed by atoms with Gasteiger partial charge in [0.1, 0.15) is 6.04 Å². The lowest BCUT2D eigenvalue weighted by atomic mass is 10.1. The van der Waals surface area contributed by atoms with Crippen molar-refractivity contribution < 1.29 is 16.1 Å². The van der Waals surface area contributed by atoms with Crippen LogP contribution in [0.25, 0.3) is 0 Å². The number of carbonyl (C=O) groups excluding carboxylic acids is 1. The molecule has 0 aliphatic rings. The summed E-state index contributed by atoms with van der Waals surface area (Å²) in [6.07, 6.45) is 0.525. The average molecular weight is 343 g/mol. The van der Waals surface area contributed by atoms with Crippen molar-refractivity contribution in [2.24, 2.45) is 16.5 Å². The van der Waals surface area contributed by atoms with Gasteiger partial charge in [-0.1, -0.05) is 22.6 Å². The molecule has 0 aliphatic heterocycles. The van der Waals surface area contributed by atoms with Gasteiger partial charge in [0.05, 0.1) is 4.43 Å². The number of nitrogens with one attached hydrogen (secondary N) is 1. The van der Waals surface area contributed by atoms with Crippen LogP contribution >= 0.6 is 22.6 Å². The Bertz CT molecular complexity index is 309. The van der Waals surface area contributed by atoms with Crippen LogP contribution in [0, 0.1) is 0 Å². The molecule has 6 N–H and O–H groups in total. The van der Waals surface area contributed by atoms with E-state index in [1.165, 1.54) is 0 Å². The summed E-state index contributed by atoms with van der Waals surface area (Å²) in [7, 11) is 0. The molecule has 92 valence electrons. The lowest BCUT2D eigenvalue weighted by Gasteiger charge is -2.12. The van der Waals surface area contributed by atoms with Crippen molar-refractivity contribution in [2.45, 2.75) is 18.9 Å². The van der Waals surface area contributed by atoms with Gasteiger partial charge in [-0.15, -0.1) is 0 Å². The zero-order valence-corrected chi connectivity index (χ0v) is 10.8. The molecule has 0 aromatic heterocycles. The van der Waals surface area contributed by atoms with Crippen LogP contribution in [0.4, 0.5) is 0 Å². The normalized spacial score (nSPS) is 12.4. The van der Waals surface area contributed by atoms with Gasteiger partial charge in [-0.05, 0) is 12.8 Å². The Kier molecular flexibility index (Phi) is 6.61. The van der Waals surface area contributed by atoms with Gasteiger partial charge in [-0.25, -0.2) is 4.79 Å². The number of alkyl halides is 1. The molecule has 0 radical (unpaired) electrons. The Morgan fingerprint density at radius 2 is 2.19 bits per heavy atom. The third kappa shape index (κ3) is 7.26. The summed E-state index contributed by atoms with van der Waals surface area (Å²) in [5.41, 5.74) is 10.2. The smallest absolute Gasteiger partial charge is 0.326 e. The number of hydrogen-bond acceptors (Lipinski definition) is 3. The highest BCUT2D eigenvalue weighted by Gasteiger charge is 2.18. The monoisotopic (exact) mass is 343 g/mol. The Hall–Kier alpha value is -1.06. The van der Waals surface area contributed by atoms with Crippen molar-refractivity contribution in [2.75, 3.05) is 11.0 Å². The molecule has 1 amide bonds. The van der Waals surface area contributed by atoms with Crippen molar-refractivity contribution in [3.8, 4) is 0 Å².